The van der Waals surface area contributed by atoms with E-state index in [1.54, 1.807) is 11.6 Å². The Bertz CT molecular complexity index is 1290. The lowest BCUT2D eigenvalue weighted by Crippen LogP contribution is -2.30. The summed E-state index contributed by atoms with van der Waals surface area (Å²) in [5, 5.41) is 3.50. The number of thiocarbonyl (C=S) groups is 2. The average Bonchev–Trinajstić information content (AvgIpc) is 3.18. The van der Waals surface area contributed by atoms with Crippen LogP contribution >= 0.6 is 36.2 Å². The molecule has 0 saturated carbocycles. The highest BCUT2D eigenvalue weighted by atomic mass is 32.2. The first kappa shape index (κ1) is 21.2. The summed E-state index contributed by atoms with van der Waals surface area (Å²) in [4.78, 5) is 27.5. The zero-order valence-corrected chi connectivity index (χ0v) is 19.2. The van der Waals surface area contributed by atoms with Gasteiger partial charge in [-0.3, -0.25) is 14.5 Å². The molecule has 2 aromatic carbocycles. The van der Waals surface area contributed by atoms with Gasteiger partial charge in [-0.05, 0) is 49.8 Å². The molecule has 0 aliphatic carbocycles. The number of amides is 1. The van der Waals surface area contributed by atoms with Gasteiger partial charge >= 0.3 is 0 Å². The molecule has 6 nitrogen and oxygen atoms in total. The van der Waals surface area contributed by atoms with Gasteiger partial charge in [0.2, 0.25) is 0 Å². The molecule has 0 bridgehead atoms. The Balaban J connectivity index is 1.70. The minimum Gasteiger partial charge on any atom is -0.331 e. The minimum atomic E-state index is -0.295. The van der Waals surface area contributed by atoms with E-state index in [0.717, 1.165) is 23.0 Å². The molecule has 2 heterocycles. The lowest BCUT2D eigenvalue weighted by Gasteiger charge is -2.15. The van der Waals surface area contributed by atoms with Crippen molar-refractivity contribution in [1.29, 1.82) is 0 Å². The number of anilines is 2. The van der Waals surface area contributed by atoms with E-state index in [2.05, 4.69) is 5.32 Å². The Kier molecular flexibility index (Phi) is 5.90. The number of benzene rings is 2. The van der Waals surface area contributed by atoms with Gasteiger partial charge in [-0.1, -0.05) is 60.4 Å². The quantitative estimate of drug-likeness (QED) is 0.457. The largest absolute Gasteiger partial charge is 0.331 e. The van der Waals surface area contributed by atoms with Crippen molar-refractivity contribution in [1.82, 2.24) is 9.36 Å². The molecule has 1 aliphatic rings. The summed E-state index contributed by atoms with van der Waals surface area (Å²) in [7, 11) is 0. The van der Waals surface area contributed by atoms with Crippen molar-refractivity contribution in [3.05, 3.63) is 87.2 Å². The van der Waals surface area contributed by atoms with Gasteiger partial charge in [-0.2, -0.15) is 0 Å². The highest BCUT2D eigenvalue weighted by molar-refractivity contribution is 8.27. The Labute approximate surface area is 194 Å². The molecule has 0 spiro atoms. The number of nitrogens with one attached hydrogen (secondary N) is 1. The van der Waals surface area contributed by atoms with Crippen molar-refractivity contribution >= 4 is 69.1 Å². The average molecular weight is 467 g/mol. The Morgan fingerprint density at radius 3 is 2.42 bits per heavy atom. The maximum atomic E-state index is 13.0. The molecule has 0 atom stereocenters. The van der Waals surface area contributed by atoms with Crippen molar-refractivity contribution in [3.63, 3.8) is 0 Å². The zero-order chi connectivity index (χ0) is 22.1. The topological polar surface area (TPSA) is 59.3 Å². The third kappa shape index (κ3) is 4.12. The number of carbonyl (C=O) groups is 1. The maximum Gasteiger partial charge on any atom is 0.272 e. The van der Waals surface area contributed by atoms with Crippen LogP contribution < -0.4 is 15.8 Å². The number of hydrogen-bond acceptors (Lipinski definition) is 5. The molecule has 0 unspecified atom stereocenters. The minimum absolute atomic E-state index is 0.281. The standard InChI is InChI=1S/C22H18N4O2S3/c1-14-8-6-7-11-17(14)23-21(29)26-15(2)12-19(27)24(26)13-18-20(28)25(22(30)31-18)16-9-4-3-5-10-16/h3-13H,1-2H3,(H,23,29)/b18-13-. The molecule has 4 rings (SSSR count). The third-order valence-corrected chi connectivity index (χ3v) is 6.30. The number of hydrogen-bond donors (Lipinski definition) is 1. The summed E-state index contributed by atoms with van der Waals surface area (Å²) in [5.74, 6) is -0.281. The van der Waals surface area contributed by atoms with E-state index >= 15 is 0 Å². The van der Waals surface area contributed by atoms with E-state index < -0.39 is 0 Å². The maximum absolute atomic E-state index is 13.0. The molecule has 156 valence electrons. The second-order valence-corrected chi connectivity index (χ2v) is 8.93. The van der Waals surface area contributed by atoms with E-state index in [1.807, 2.05) is 61.5 Å². The molecule has 1 aromatic heterocycles. The van der Waals surface area contributed by atoms with Gasteiger partial charge < -0.3 is 5.32 Å². The van der Waals surface area contributed by atoms with Crippen molar-refractivity contribution in [2.45, 2.75) is 13.8 Å². The highest BCUT2D eigenvalue weighted by Crippen LogP contribution is 2.35. The van der Waals surface area contributed by atoms with Crippen LogP contribution in [0.25, 0.3) is 6.20 Å². The summed E-state index contributed by atoms with van der Waals surface area (Å²) in [5.41, 5.74) is 2.90. The van der Waals surface area contributed by atoms with Gasteiger partial charge in [-0.15, -0.1) is 0 Å². The fourth-order valence-electron chi connectivity index (χ4n) is 3.20. The van der Waals surface area contributed by atoms with E-state index in [4.69, 9.17) is 24.4 Å². The second kappa shape index (κ2) is 8.62. The van der Waals surface area contributed by atoms with Crippen LogP contribution in [0.3, 0.4) is 0 Å². The lowest BCUT2D eigenvalue weighted by atomic mass is 10.2. The monoisotopic (exact) mass is 466 g/mol. The molecular formula is C22H18N4O2S3. The fourth-order valence-corrected chi connectivity index (χ4v) is 4.80. The van der Waals surface area contributed by atoms with Crippen LogP contribution in [-0.4, -0.2) is 24.7 Å². The molecule has 3 aromatic rings. The van der Waals surface area contributed by atoms with E-state index in [0.29, 0.717) is 25.7 Å². The van der Waals surface area contributed by atoms with Gasteiger partial charge in [0.25, 0.3) is 11.5 Å². The van der Waals surface area contributed by atoms with Crippen LogP contribution in [0.1, 0.15) is 11.3 Å². The van der Waals surface area contributed by atoms with Gasteiger partial charge in [0.15, 0.2) is 9.43 Å². The van der Waals surface area contributed by atoms with E-state index in [1.165, 1.54) is 21.8 Å². The molecule has 1 fully saturated rings. The van der Waals surface area contributed by atoms with Crippen molar-refractivity contribution in [2.75, 3.05) is 10.2 Å². The number of rotatable bonds is 3. The Morgan fingerprint density at radius 2 is 1.71 bits per heavy atom. The zero-order valence-electron chi connectivity index (χ0n) is 16.7. The number of aromatic nitrogens is 2. The van der Waals surface area contributed by atoms with Crippen molar-refractivity contribution in [3.8, 4) is 0 Å². The number of thioether (sulfide) groups is 1. The van der Waals surface area contributed by atoms with Crippen LogP contribution in [0.2, 0.25) is 0 Å². The third-order valence-electron chi connectivity index (χ3n) is 4.73. The lowest BCUT2D eigenvalue weighted by molar-refractivity contribution is -0.113. The van der Waals surface area contributed by atoms with Crippen molar-refractivity contribution < 1.29 is 4.79 Å². The number of aryl methyl sites for hydroxylation is 2. The van der Waals surface area contributed by atoms with Crippen LogP contribution in [0.15, 0.2) is 70.4 Å². The van der Waals surface area contributed by atoms with Crippen LogP contribution in [0.4, 0.5) is 11.4 Å². The number of carbonyl (C=O) groups excluding carboxylic acids is 1. The summed E-state index contributed by atoms with van der Waals surface area (Å²) in [6.07, 6.45) is 1.49. The first-order valence-corrected chi connectivity index (χ1v) is 11.0. The fraction of sp³-hybridized carbons (Fsp3) is 0.0909. The summed E-state index contributed by atoms with van der Waals surface area (Å²) in [6, 6.07) is 18.4. The first-order valence-electron chi connectivity index (χ1n) is 9.38. The normalized spacial score (nSPS) is 15.0. The molecule has 1 aliphatic heterocycles. The van der Waals surface area contributed by atoms with Gasteiger partial charge in [0, 0.05) is 17.4 Å². The molecular weight excluding hydrogens is 448 g/mol. The van der Waals surface area contributed by atoms with Crippen LogP contribution in [0.5, 0.6) is 0 Å². The Hall–Kier alpha value is -3.01. The summed E-state index contributed by atoms with van der Waals surface area (Å²) < 4.78 is 3.31. The van der Waals surface area contributed by atoms with Crippen LogP contribution in [-0.2, 0) is 4.79 Å². The molecule has 1 N–H and O–H groups in total. The molecule has 31 heavy (non-hydrogen) atoms. The van der Waals surface area contributed by atoms with Gasteiger partial charge in [0.05, 0.1) is 16.8 Å². The van der Waals surface area contributed by atoms with E-state index in [9.17, 15) is 9.59 Å². The van der Waals surface area contributed by atoms with Gasteiger partial charge in [-0.25, -0.2) is 9.36 Å². The van der Waals surface area contributed by atoms with E-state index in [-0.39, 0.29) is 11.5 Å². The van der Waals surface area contributed by atoms with Crippen molar-refractivity contribution in [2.24, 2.45) is 0 Å². The number of para-hydroxylation sites is 2. The second-order valence-electron chi connectivity index (χ2n) is 6.86. The highest BCUT2D eigenvalue weighted by Gasteiger charge is 2.33. The first-order chi connectivity index (χ1) is 14.9. The molecule has 9 heteroatoms. The van der Waals surface area contributed by atoms with Gasteiger partial charge in [0.1, 0.15) is 0 Å². The molecule has 1 amide bonds. The summed E-state index contributed by atoms with van der Waals surface area (Å²) in [6.45, 7) is 3.75. The smallest absolute Gasteiger partial charge is 0.272 e. The molecule has 1 saturated heterocycles. The number of nitrogens with zero attached hydrogens (tertiary/aromatic N) is 3. The van der Waals surface area contributed by atoms with Crippen LogP contribution in [0, 0.1) is 13.8 Å². The Morgan fingerprint density at radius 1 is 1.03 bits per heavy atom. The predicted octanol–water partition coefficient (Wildman–Crippen LogP) is 4.38. The SMILES string of the molecule is Cc1ccccc1NC(=S)n1c(C)cc(=O)n1/C=C1\SC(=S)N(c2ccccc2)C1=O. The summed E-state index contributed by atoms with van der Waals surface area (Å²) >= 11 is 12.1. The molecule has 0 radical (unpaired) electrons. The predicted molar refractivity (Wildman–Crippen MR) is 135 cm³/mol.